The summed E-state index contributed by atoms with van der Waals surface area (Å²) in [6, 6.07) is 0.542. The van der Waals surface area contributed by atoms with Gasteiger partial charge in [0.2, 0.25) is 0 Å². The van der Waals surface area contributed by atoms with E-state index in [9.17, 15) is 0 Å². The van der Waals surface area contributed by atoms with Gasteiger partial charge in [-0.3, -0.25) is 4.99 Å². The fourth-order valence-corrected chi connectivity index (χ4v) is 3.81. The van der Waals surface area contributed by atoms with E-state index in [1.165, 1.54) is 57.8 Å². The molecule has 0 spiro atoms. The summed E-state index contributed by atoms with van der Waals surface area (Å²) in [6.07, 6.45) is 13.2. The van der Waals surface area contributed by atoms with E-state index in [-0.39, 0.29) is 24.0 Å². The second-order valence-electron chi connectivity index (χ2n) is 6.57. The van der Waals surface area contributed by atoms with Gasteiger partial charge in [-0.15, -0.1) is 24.0 Å². The Balaban J connectivity index is 0.00000242. The third-order valence-electron chi connectivity index (χ3n) is 4.96. The lowest BCUT2D eigenvalue weighted by Gasteiger charge is -2.24. The van der Waals surface area contributed by atoms with Crippen LogP contribution in [0.4, 0.5) is 0 Å². The molecular weight excluding hydrogens is 389 g/mol. The Morgan fingerprint density at radius 1 is 1.14 bits per heavy atom. The Labute approximate surface area is 153 Å². The number of guanidine groups is 1. The fourth-order valence-electron chi connectivity index (χ4n) is 3.81. The number of nitrogens with one attached hydrogen (secondary N) is 1. The summed E-state index contributed by atoms with van der Waals surface area (Å²) in [7, 11) is 0. The minimum Gasteiger partial charge on any atom is -0.378 e. The van der Waals surface area contributed by atoms with Crippen molar-refractivity contribution in [3.8, 4) is 0 Å². The zero-order valence-corrected chi connectivity index (χ0v) is 16.4. The molecule has 1 atom stereocenters. The Morgan fingerprint density at radius 2 is 1.77 bits per heavy atom. The first-order valence-electron chi connectivity index (χ1n) is 8.97. The molecule has 130 valence electrons. The van der Waals surface area contributed by atoms with Gasteiger partial charge in [0.15, 0.2) is 5.96 Å². The second kappa shape index (κ2) is 11.5. The first kappa shape index (κ1) is 20.0. The van der Waals surface area contributed by atoms with Crippen molar-refractivity contribution in [2.75, 3.05) is 13.2 Å². The first-order valence-corrected chi connectivity index (χ1v) is 8.97. The van der Waals surface area contributed by atoms with Crippen LogP contribution in [0.5, 0.6) is 0 Å². The topological polar surface area (TPSA) is 59.6 Å². The van der Waals surface area contributed by atoms with Gasteiger partial charge < -0.3 is 15.8 Å². The molecule has 0 heterocycles. The highest BCUT2D eigenvalue weighted by Gasteiger charge is 2.25. The van der Waals surface area contributed by atoms with E-state index in [1.807, 2.05) is 0 Å². The first-order chi connectivity index (χ1) is 10.3. The third-order valence-corrected chi connectivity index (χ3v) is 4.96. The number of hydrogen-bond donors (Lipinski definition) is 2. The molecule has 0 aromatic rings. The number of rotatable bonds is 7. The van der Waals surface area contributed by atoms with Crippen LogP contribution in [-0.2, 0) is 4.74 Å². The van der Waals surface area contributed by atoms with Gasteiger partial charge in [-0.1, -0.05) is 32.1 Å². The molecule has 2 fully saturated rings. The van der Waals surface area contributed by atoms with Crippen LogP contribution in [0.25, 0.3) is 0 Å². The molecule has 4 nitrogen and oxygen atoms in total. The largest absolute Gasteiger partial charge is 0.378 e. The quantitative estimate of drug-likeness (QED) is 0.372. The highest BCUT2D eigenvalue weighted by atomic mass is 127. The summed E-state index contributed by atoms with van der Waals surface area (Å²) in [5, 5.41) is 3.38. The standard InChI is InChI=1S/C17H33N3O.HI/c1-2-21-16(14-8-6-7-9-14)12-13-19-17(18)20-15-10-4-3-5-11-15;/h14-16H,2-13H2,1H3,(H3,18,19,20);1H. The normalized spacial score (nSPS) is 22.3. The van der Waals surface area contributed by atoms with Crippen LogP contribution in [0.1, 0.15) is 71.1 Å². The number of hydrogen-bond acceptors (Lipinski definition) is 2. The Bertz CT molecular complexity index is 313. The van der Waals surface area contributed by atoms with Gasteiger partial charge in [-0.25, -0.2) is 0 Å². The smallest absolute Gasteiger partial charge is 0.188 e. The molecule has 0 aliphatic heterocycles. The maximum Gasteiger partial charge on any atom is 0.188 e. The molecule has 0 aromatic heterocycles. The summed E-state index contributed by atoms with van der Waals surface area (Å²) in [5.41, 5.74) is 6.02. The molecule has 1 unspecified atom stereocenters. The van der Waals surface area contributed by atoms with Gasteiger partial charge in [0.05, 0.1) is 6.10 Å². The van der Waals surface area contributed by atoms with Crippen LogP contribution in [0, 0.1) is 5.92 Å². The third kappa shape index (κ3) is 7.02. The van der Waals surface area contributed by atoms with Crippen LogP contribution >= 0.6 is 24.0 Å². The van der Waals surface area contributed by atoms with Crippen molar-refractivity contribution in [1.82, 2.24) is 5.32 Å². The van der Waals surface area contributed by atoms with Crippen LogP contribution in [0.3, 0.4) is 0 Å². The van der Waals surface area contributed by atoms with E-state index >= 15 is 0 Å². The second-order valence-corrected chi connectivity index (χ2v) is 6.57. The molecule has 2 saturated carbocycles. The Kier molecular flexibility index (Phi) is 10.4. The Morgan fingerprint density at radius 3 is 2.41 bits per heavy atom. The zero-order chi connectivity index (χ0) is 14.9. The molecule has 0 aromatic carbocycles. The maximum absolute atomic E-state index is 6.02. The van der Waals surface area contributed by atoms with Crippen molar-refractivity contribution in [2.24, 2.45) is 16.6 Å². The summed E-state index contributed by atoms with van der Waals surface area (Å²) in [4.78, 5) is 4.52. The molecule has 0 amide bonds. The van der Waals surface area contributed by atoms with E-state index in [2.05, 4.69) is 17.2 Å². The van der Waals surface area contributed by atoms with E-state index in [1.54, 1.807) is 0 Å². The zero-order valence-electron chi connectivity index (χ0n) is 14.1. The predicted octanol–water partition coefficient (Wildman–Crippen LogP) is 3.83. The molecule has 2 rings (SSSR count). The summed E-state index contributed by atoms with van der Waals surface area (Å²) in [5.74, 6) is 1.37. The van der Waals surface area contributed by atoms with Crippen molar-refractivity contribution in [1.29, 1.82) is 0 Å². The van der Waals surface area contributed by atoms with Gasteiger partial charge in [0.1, 0.15) is 0 Å². The molecular formula is C17H34IN3O. The lowest BCUT2D eigenvalue weighted by Crippen LogP contribution is -2.41. The highest BCUT2D eigenvalue weighted by Crippen LogP contribution is 2.30. The number of ether oxygens (including phenoxy) is 1. The number of aliphatic imine (C=N–C) groups is 1. The molecule has 0 radical (unpaired) electrons. The monoisotopic (exact) mass is 423 g/mol. The van der Waals surface area contributed by atoms with Crippen molar-refractivity contribution in [2.45, 2.75) is 83.3 Å². The summed E-state index contributed by atoms with van der Waals surface area (Å²) < 4.78 is 5.93. The van der Waals surface area contributed by atoms with Gasteiger partial charge in [-0.2, -0.15) is 0 Å². The lowest BCUT2D eigenvalue weighted by atomic mass is 9.96. The van der Waals surface area contributed by atoms with E-state index in [4.69, 9.17) is 10.5 Å². The van der Waals surface area contributed by atoms with Gasteiger partial charge in [-0.05, 0) is 44.9 Å². The lowest BCUT2D eigenvalue weighted by molar-refractivity contribution is 0.0177. The Hall–Kier alpha value is -0.0400. The number of halogens is 1. The van der Waals surface area contributed by atoms with E-state index in [0.29, 0.717) is 18.1 Å². The van der Waals surface area contributed by atoms with Crippen molar-refractivity contribution in [3.63, 3.8) is 0 Å². The highest BCUT2D eigenvalue weighted by molar-refractivity contribution is 14.0. The van der Waals surface area contributed by atoms with E-state index in [0.717, 1.165) is 25.5 Å². The van der Waals surface area contributed by atoms with Crippen molar-refractivity contribution in [3.05, 3.63) is 0 Å². The van der Waals surface area contributed by atoms with Crippen LogP contribution < -0.4 is 11.1 Å². The van der Waals surface area contributed by atoms with E-state index < -0.39 is 0 Å². The fraction of sp³-hybridized carbons (Fsp3) is 0.941. The van der Waals surface area contributed by atoms with Crippen LogP contribution in [0.15, 0.2) is 4.99 Å². The maximum atomic E-state index is 6.02. The SMILES string of the molecule is CCOC(CCN=C(N)NC1CCCCC1)C1CCCC1.I. The molecule has 2 aliphatic carbocycles. The minimum atomic E-state index is 0. The molecule has 0 bridgehead atoms. The summed E-state index contributed by atoms with van der Waals surface area (Å²) >= 11 is 0. The van der Waals surface area contributed by atoms with Gasteiger partial charge in [0, 0.05) is 19.2 Å². The molecule has 0 saturated heterocycles. The molecule has 2 aliphatic rings. The minimum absolute atomic E-state index is 0. The van der Waals surface area contributed by atoms with Crippen molar-refractivity contribution >= 4 is 29.9 Å². The average Bonchev–Trinajstić information content (AvgIpc) is 3.01. The van der Waals surface area contributed by atoms with Crippen molar-refractivity contribution < 1.29 is 4.74 Å². The molecule has 5 heteroatoms. The van der Waals surface area contributed by atoms with Gasteiger partial charge >= 0.3 is 0 Å². The van der Waals surface area contributed by atoms with Crippen LogP contribution in [-0.4, -0.2) is 31.3 Å². The number of nitrogens with two attached hydrogens (primary N) is 1. The molecule has 3 N–H and O–H groups in total. The average molecular weight is 423 g/mol. The predicted molar refractivity (Wildman–Crippen MR) is 104 cm³/mol. The summed E-state index contributed by atoms with van der Waals surface area (Å²) in [6.45, 7) is 3.68. The number of nitrogens with zero attached hydrogens (tertiary/aromatic N) is 1. The molecule has 22 heavy (non-hydrogen) atoms. The van der Waals surface area contributed by atoms with Gasteiger partial charge in [0.25, 0.3) is 0 Å². The van der Waals surface area contributed by atoms with Crippen LogP contribution in [0.2, 0.25) is 0 Å².